The Morgan fingerprint density at radius 1 is 0.550 bits per heavy atom. The standard InChI is InChI=1S/C70H83N9O30/c1-33-21-43-63(90)78(69(96)104-31-35-9-11-45(39(23-35)59(86)72-13-18-98-3)106-67-55(84)51(80)53(82)57(108-67)65(92)93)41-27-49(47(99-4)25-37(41)61(88)76(43)29-33)102-16-7-6-8-17-103-50-28-42-38(26-48(50)100-5)62(89)77-30-34(2)22-44(77)64(91)79(42)70(97)105-32-36-10-12-46(40(24-36)60(87)73-14-19-101-20-15-74-75-71)107-68-56(85)52(81)54(83)58(109-68)66(94)95/h9-12,23-28,43-44,51-58,63-64,67-68,80-85,90-91H,1-2,6-8,13-22,29-32H2,3-5H3,(H,72,86)(H,73,87)(H,92,93)(H,94,95)/t43-,44-,51-,52-,53-,54-,55+,56+,57-,58-,63?,64?,67+,68+/m0/s1. The zero-order valence-corrected chi connectivity index (χ0v) is 59.1. The second-order valence-corrected chi connectivity index (χ2v) is 25.8. The Morgan fingerprint density at radius 2 is 0.982 bits per heavy atom. The molecule has 6 amide bonds. The van der Waals surface area contributed by atoms with Crippen LogP contribution in [0, 0.1) is 0 Å². The third-order valence-corrected chi connectivity index (χ3v) is 18.5. The lowest BCUT2D eigenvalue weighted by Gasteiger charge is -2.38. The monoisotopic (exact) mass is 1530 g/mol. The number of ether oxygens (including phenoxy) is 12. The number of carboxylic acids is 2. The van der Waals surface area contributed by atoms with E-state index in [1.165, 1.54) is 91.8 Å². The Labute approximate surface area is 620 Å². The van der Waals surface area contributed by atoms with Gasteiger partial charge in [-0.3, -0.25) is 19.2 Å². The smallest absolute Gasteiger partial charge is 0.416 e. The molecule has 0 saturated carbocycles. The molecule has 6 aliphatic rings. The maximum atomic E-state index is 14.6. The molecule has 6 heterocycles. The van der Waals surface area contributed by atoms with Crippen molar-refractivity contribution in [2.45, 2.75) is 131 Å². The fraction of sp³-hybridized carbons (Fsp3) is 0.486. The molecule has 39 nitrogen and oxygen atoms in total. The average molecular weight is 1530 g/mol. The number of amides is 6. The van der Waals surface area contributed by atoms with E-state index >= 15 is 0 Å². The predicted octanol–water partition coefficient (Wildman–Crippen LogP) is 0.799. The summed E-state index contributed by atoms with van der Waals surface area (Å²) in [5.41, 5.74) is 9.07. The van der Waals surface area contributed by atoms with Crippen LogP contribution in [0.25, 0.3) is 10.4 Å². The lowest BCUT2D eigenvalue weighted by atomic mass is 9.99. The number of aliphatic hydroxyl groups excluding tert-OH is 8. The number of nitrogens with one attached hydrogen (secondary N) is 2. The van der Waals surface area contributed by atoms with Crippen molar-refractivity contribution in [2.75, 3.05) is 96.9 Å². The molecule has 4 fully saturated rings. The van der Waals surface area contributed by atoms with Crippen LogP contribution in [-0.4, -0.2) is 282 Å². The van der Waals surface area contributed by atoms with Crippen molar-refractivity contribution in [3.8, 4) is 34.5 Å². The first-order valence-electron chi connectivity index (χ1n) is 34.2. The quantitative estimate of drug-likeness (QED) is 0.0109. The fourth-order valence-corrected chi connectivity index (χ4v) is 12.9. The van der Waals surface area contributed by atoms with E-state index in [9.17, 15) is 89.4 Å². The maximum Gasteiger partial charge on any atom is 0.416 e. The topological polar surface area (TPSA) is 535 Å². The molecule has 39 heteroatoms. The van der Waals surface area contributed by atoms with Gasteiger partial charge in [-0.2, -0.15) is 0 Å². The molecular weight excluding hydrogens is 1450 g/mol. The van der Waals surface area contributed by atoms with Crippen molar-refractivity contribution in [1.82, 2.24) is 20.4 Å². The summed E-state index contributed by atoms with van der Waals surface area (Å²) in [4.78, 5) is 116. The summed E-state index contributed by atoms with van der Waals surface area (Å²) in [5.74, 6) is -6.51. The Kier molecular flexibility index (Phi) is 26.7. The lowest BCUT2D eigenvalue weighted by Crippen LogP contribution is -2.61. The van der Waals surface area contributed by atoms with Crippen LogP contribution >= 0.6 is 0 Å². The minimum Gasteiger partial charge on any atom is -0.493 e. The SMILES string of the molecule is C=C1C[C@H]2C(O)N(C(=O)OCc3ccc(O[C@@H]4O[C@H](C(=O)O)[C@@H](O)[C@H](O)[C@H]4O)c(C(=O)NCCOC)c3)c3cc(OCCCCCOc4cc5c(cc4OC)C(=O)N4CC(=C)C[C@H]4C(O)N5C(=O)OCc4ccc(O[C@@H]5O[C@H](C(=O)O)[C@@H](O)[C@H](O)[C@H]5O)c(C(=O)NCCOCCN=[N+]=[N-])c4)c(OC)cc3C(=O)N2C1. The molecule has 12 N–H and O–H groups in total. The molecule has 0 aromatic heterocycles. The van der Waals surface area contributed by atoms with Crippen molar-refractivity contribution < 1.29 is 146 Å². The summed E-state index contributed by atoms with van der Waals surface area (Å²) >= 11 is 0. The molecule has 109 heavy (non-hydrogen) atoms. The number of anilines is 2. The van der Waals surface area contributed by atoms with Crippen molar-refractivity contribution in [2.24, 2.45) is 5.11 Å². The third-order valence-electron chi connectivity index (χ3n) is 18.5. The van der Waals surface area contributed by atoms with E-state index in [1.807, 2.05) is 0 Å². The number of benzene rings is 4. The highest BCUT2D eigenvalue weighted by Gasteiger charge is 2.52. The summed E-state index contributed by atoms with van der Waals surface area (Å²) in [5, 5.41) is 115. The first-order valence-corrected chi connectivity index (χ1v) is 34.2. The maximum absolute atomic E-state index is 14.6. The molecule has 4 saturated heterocycles. The number of hydrogen-bond donors (Lipinski definition) is 12. The van der Waals surface area contributed by atoms with Gasteiger partial charge in [-0.15, -0.1) is 0 Å². The number of unbranched alkanes of at least 4 members (excludes halogenated alkanes) is 2. The molecule has 4 aromatic carbocycles. The van der Waals surface area contributed by atoms with Crippen LogP contribution in [0.15, 0.2) is 90.1 Å². The zero-order chi connectivity index (χ0) is 78.7. The van der Waals surface area contributed by atoms with Gasteiger partial charge in [-0.25, -0.2) is 29.0 Å². The van der Waals surface area contributed by atoms with E-state index in [0.29, 0.717) is 30.4 Å². The van der Waals surface area contributed by atoms with Gasteiger partial charge in [0.25, 0.3) is 23.6 Å². The molecule has 14 atom stereocenters. The first-order chi connectivity index (χ1) is 52.2. The highest BCUT2D eigenvalue weighted by molar-refractivity contribution is 6.07. The van der Waals surface area contributed by atoms with Gasteiger partial charge in [0.15, 0.2) is 47.7 Å². The lowest BCUT2D eigenvalue weighted by molar-refractivity contribution is -0.271. The molecular formula is C70H83N9O30. The van der Waals surface area contributed by atoms with Crippen LogP contribution in [0.4, 0.5) is 21.0 Å². The van der Waals surface area contributed by atoms with Gasteiger partial charge in [-0.05, 0) is 85.2 Å². The van der Waals surface area contributed by atoms with E-state index in [4.69, 9.17) is 62.4 Å². The molecule has 0 aliphatic carbocycles. The van der Waals surface area contributed by atoms with Crippen LogP contribution in [-0.2, 0) is 51.2 Å². The summed E-state index contributed by atoms with van der Waals surface area (Å²) in [6.45, 7) is 6.92. The van der Waals surface area contributed by atoms with Crippen LogP contribution in [0.2, 0.25) is 0 Å². The molecule has 588 valence electrons. The Balaban J connectivity index is 0.823. The van der Waals surface area contributed by atoms with E-state index in [0.717, 1.165) is 9.80 Å². The van der Waals surface area contributed by atoms with Gasteiger partial charge in [0.05, 0.1) is 93.0 Å². The average Bonchev–Trinajstić information content (AvgIpc) is 1.61. The van der Waals surface area contributed by atoms with Gasteiger partial charge >= 0.3 is 24.1 Å². The number of aliphatic hydroxyl groups is 8. The number of rotatable bonds is 31. The molecule has 10 rings (SSSR count). The number of methoxy groups -OCH3 is 3. The fourth-order valence-electron chi connectivity index (χ4n) is 12.9. The molecule has 4 aromatic rings. The van der Waals surface area contributed by atoms with Gasteiger partial charge in [-0.1, -0.05) is 41.6 Å². The minimum absolute atomic E-state index is 0.000639. The van der Waals surface area contributed by atoms with Gasteiger partial charge in [0.2, 0.25) is 12.6 Å². The number of carboxylic acid groups (broad SMARTS) is 2. The van der Waals surface area contributed by atoms with E-state index < -0.39 is 147 Å². The molecule has 6 aliphatic heterocycles. The van der Waals surface area contributed by atoms with Crippen molar-refractivity contribution in [3.05, 3.63) is 129 Å². The van der Waals surface area contributed by atoms with E-state index in [1.54, 1.807) is 0 Å². The molecule has 0 radical (unpaired) electrons. The Hall–Kier alpha value is -10.6. The van der Waals surface area contributed by atoms with Crippen LogP contribution in [0.5, 0.6) is 34.5 Å². The summed E-state index contributed by atoms with van der Waals surface area (Å²) in [6.07, 6.45) is -24.6. The summed E-state index contributed by atoms with van der Waals surface area (Å²) < 4.78 is 68.0. The number of nitrogens with zero attached hydrogens (tertiary/aromatic N) is 7. The largest absolute Gasteiger partial charge is 0.493 e. The number of carbonyl (C=O) groups excluding carboxylic acids is 6. The highest BCUT2D eigenvalue weighted by atomic mass is 16.7. The highest BCUT2D eigenvalue weighted by Crippen LogP contribution is 2.45. The number of azide groups is 1. The number of carbonyl (C=O) groups is 8. The second kappa shape index (κ2) is 36.0. The number of fused-ring (bicyclic) bond motifs is 4. The predicted molar refractivity (Wildman–Crippen MR) is 369 cm³/mol. The van der Waals surface area contributed by atoms with Crippen molar-refractivity contribution in [1.29, 1.82) is 0 Å². The molecule has 0 spiro atoms. The van der Waals surface area contributed by atoms with Gasteiger partial charge in [0, 0.05) is 56.9 Å². The Morgan fingerprint density at radius 3 is 1.39 bits per heavy atom. The minimum atomic E-state index is -2.06. The van der Waals surface area contributed by atoms with E-state index in [2.05, 4.69) is 33.8 Å². The van der Waals surface area contributed by atoms with Gasteiger partial charge < -0.3 is 128 Å². The van der Waals surface area contributed by atoms with Gasteiger partial charge in [0.1, 0.15) is 61.3 Å². The van der Waals surface area contributed by atoms with Crippen LogP contribution in [0.1, 0.15) is 84.7 Å². The normalized spacial score (nSPS) is 24.9. The van der Waals surface area contributed by atoms with Crippen molar-refractivity contribution >= 4 is 59.1 Å². The number of aliphatic carboxylic acids is 2. The first kappa shape index (κ1) is 80.9. The summed E-state index contributed by atoms with van der Waals surface area (Å²) in [6, 6.07) is 11.0. The van der Waals surface area contributed by atoms with Crippen LogP contribution in [0.3, 0.4) is 0 Å². The number of hydrogen-bond acceptors (Lipinski definition) is 29. The van der Waals surface area contributed by atoms with E-state index in [-0.39, 0.29) is 158 Å². The summed E-state index contributed by atoms with van der Waals surface area (Å²) in [7, 11) is 4.07. The zero-order valence-electron chi connectivity index (χ0n) is 59.1. The third kappa shape index (κ3) is 18.1. The second-order valence-electron chi connectivity index (χ2n) is 25.8. The molecule has 2 unspecified atom stereocenters. The Bertz CT molecular complexity index is 4140. The van der Waals surface area contributed by atoms with Crippen molar-refractivity contribution in [3.63, 3.8) is 0 Å². The van der Waals surface area contributed by atoms with Crippen LogP contribution < -0.4 is 48.9 Å². The molecule has 0 bridgehead atoms.